The molecule has 6 nitrogen and oxygen atoms in total. The summed E-state index contributed by atoms with van der Waals surface area (Å²) in [5.41, 5.74) is 0. The van der Waals surface area contributed by atoms with Gasteiger partial charge >= 0.3 is 5.97 Å². The van der Waals surface area contributed by atoms with Crippen LogP contribution in [0.1, 0.15) is 44.9 Å². The van der Waals surface area contributed by atoms with Crippen LogP contribution < -0.4 is 0 Å². The molecule has 2 saturated heterocycles. The molecule has 2 aliphatic rings. The molecule has 2 heterocycles. The maximum absolute atomic E-state index is 12.5. The van der Waals surface area contributed by atoms with Gasteiger partial charge in [0.1, 0.15) is 0 Å². The number of nitrogens with zero attached hydrogens (tertiary/aromatic N) is 2. The first-order valence-electron chi connectivity index (χ1n) is 7.00. The van der Waals surface area contributed by atoms with Gasteiger partial charge in [0, 0.05) is 32.1 Å². The molecule has 0 aliphatic carbocycles. The van der Waals surface area contributed by atoms with Crippen LogP contribution in [-0.2, 0) is 15.0 Å². The van der Waals surface area contributed by atoms with E-state index in [1.54, 1.807) is 8.61 Å². The fourth-order valence-corrected chi connectivity index (χ4v) is 4.89. The molecule has 2 aliphatic heterocycles. The minimum atomic E-state index is -3.39. The van der Waals surface area contributed by atoms with Crippen LogP contribution in [0.4, 0.5) is 0 Å². The standard InChI is InChI=1S/C12H22N2O4S/c15-12(16)7-6-11-5-1-2-10-14(11)19(17,18)13-8-3-4-9-13/h11H,1-10H2,(H,15,16). The highest BCUT2D eigenvalue weighted by atomic mass is 32.2. The summed E-state index contributed by atoms with van der Waals surface area (Å²) in [6.07, 6.45) is 4.94. The summed E-state index contributed by atoms with van der Waals surface area (Å²) in [6, 6.07) is -0.143. The Hall–Kier alpha value is -0.660. The second kappa shape index (κ2) is 6.19. The number of aliphatic carboxylic acids is 1. The molecule has 0 aromatic rings. The van der Waals surface area contributed by atoms with E-state index in [0.29, 0.717) is 26.1 Å². The molecule has 1 unspecified atom stereocenters. The van der Waals surface area contributed by atoms with Crippen LogP contribution in [0.2, 0.25) is 0 Å². The molecule has 2 fully saturated rings. The molecule has 0 radical (unpaired) electrons. The first-order valence-corrected chi connectivity index (χ1v) is 8.40. The molecule has 0 aromatic carbocycles. The maximum Gasteiger partial charge on any atom is 0.303 e. The van der Waals surface area contributed by atoms with E-state index in [1.807, 2.05) is 0 Å². The summed E-state index contributed by atoms with van der Waals surface area (Å²) < 4.78 is 28.2. The number of hydrogen-bond acceptors (Lipinski definition) is 3. The SMILES string of the molecule is O=C(O)CCC1CCCCN1S(=O)(=O)N1CCCC1. The molecule has 2 rings (SSSR count). The Labute approximate surface area is 114 Å². The Balaban J connectivity index is 2.07. The van der Waals surface area contributed by atoms with Crippen molar-refractivity contribution in [1.29, 1.82) is 0 Å². The summed E-state index contributed by atoms with van der Waals surface area (Å²) in [7, 11) is -3.39. The van der Waals surface area contributed by atoms with Crippen molar-refractivity contribution >= 4 is 16.2 Å². The number of carbonyl (C=O) groups is 1. The van der Waals surface area contributed by atoms with Gasteiger partial charge in [-0.15, -0.1) is 0 Å². The molecule has 1 atom stereocenters. The molecule has 1 N–H and O–H groups in total. The van der Waals surface area contributed by atoms with Crippen molar-refractivity contribution in [2.45, 2.75) is 51.0 Å². The summed E-state index contributed by atoms with van der Waals surface area (Å²) in [5, 5.41) is 8.77. The minimum absolute atomic E-state index is 0.0384. The predicted octanol–water partition coefficient (Wildman–Crippen LogP) is 1.05. The lowest BCUT2D eigenvalue weighted by atomic mass is 10.0. The molecule has 0 spiro atoms. The van der Waals surface area contributed by atoms with E-state index < -0.39 is 16.2 Å². The Morgan fingerprint density at radius 2 is 1.74 bits per heavy atom. The van der Waals surface area contributed by atoms with Crippen molar-refractivity contribution in [2.75, 3.05) is 19.6 Å². The first-order chi connectivity index (χ1) is 9.01. The lowest BCUT2D eigenvalue weighted by molar-refractivity contribution is -0.137. The molecule has 7 heteroatoms. The van der Waals surface area contributed by atoms with Gasteiger partial charge in [-0.3, -0.25) is 4.79 Å². The van der Waals surface area contributed by atoms with Crippen LogP contribution in [0, 0.1) is 0 Å². The number of carboxylic acid groups (broad SMARTS) is 1. The van der Waals surface area contributed by atoms with Crippen molar-refractivity contribution in [3.63, 3.8) is 0 Å². The Bertz CT molecular complexity index is 417. The predicted molar refractivity (Wildman–Crippen MR) is 70.9 cm³/mol. The highest BCUT2D eigenvalue weighted by Gasteiger charge is 2.37. The van der Waals surface area contributed by atoms with Crippen LogP contribution in [-0.4, -0.2) is 53.8 Å². The molecular formula is C12H22N2O4S. The summed E-state index contributed by atoms with van der Waals surface area (Å²) in [5.74, 6) is -0.857. The van der Waals surface area contributed by atoms with E-state index in [9.17, 15) is 13.2 Å². The van der Waals surface area contributed by atoms with Crippen LogP contribution in [0.5, 0.6) is 0 Å². The fourth-order valence-electron chi connectivity index (χ4n) is 2.92. The Kier molecular flexibility index (Phi) is 4.81. The monoisotopic (exact) mass is 290 g/mol. The van der Waals surface area contributed by atoms with Crippen molar-refractivity contribution in [2.24, 2.45) is 0 Å². The zero-order chi connectivity index (χ0) is 13.9. The third-order valence-corrected chi connectivity index (χ3v) is 6.04. The number of carboxylic acids is 1. The lowest BCUT2D eigenvalue weighted by Crippen LogP contribution is -2.50. The van der Waals surface area contributed by atoms with Crippen LogP contribution in [0.25, 0.3) is 0 Å². The molecule has 110 valence electrons. The Morgan fingerprint density at radius 1 is 1.11 bits per heavy atom. The quantitative estimate of drug-likeness (QED) is 0.821. The van der Waals surface area contributed by atoms with Gasteiger partial charge in [0.05, 0.1) is 0 Å². The first kappa shape index (κ1) is 14.7. The summed E-state index contributed by atoms with van der Waals surface area (Å²) >= 11 is 0. The third-order valence-electron chi connectivity index (χ3n) is 3.95. The largest absolute Gasteiger partial charge is 0.481 e. The minimum Gasteiger partial charge on any atom is -0.481 e. The maximum atomic E-state index is 12.5. The van der Waals surface area contributed by atoms with Gasteiger partial charge < -0.3 is 5.11 Å². The number of rotatable bonds is 5. The van der Waals surface area contributed by atoms with Crippen molar-refractivity contribution < 1.29 is 18.3 Å². The van der Waals surface area contributed by atoms with Crippen LogP contribution in [0.15, 0.2) is 0 Å². The molecule has 0 aromatic heterocycles. The zero-order valence-electron chi connectivity index (χ0n) is 11.1. The van der Waals surface area contributed by atoms with Gasteiger partial charge in [0.2, 0.25) is 0 Å². The van der Waals surface area contributed by atoms with E-state index in [2.05, 4.69) is 0 Å². The average molecular weight is 290 g/mol. The second-order valence-electron chi connectivity index (χ2n) is 5.31. The van der Waals surface area contributed by atoms with E-state index >= 15 is 0 Å². The topological polar surface area (TPSA) is 77.9 Å². The van der Waals surface area contributed by atoms with E-state index in [4.69, 9.17) is 5.11 Å². The smallest absolute Gasteiger partial charge is 0.303 e. The van der Waals surface area contributed by atoms with Crippen LogP contribution >= 0.6 is 0 Å². The number of piperidine rings is 1. The van der Waals surface area contributed by atoms with E-state index in [1.165, 1.54) is 0 Å². The highest BCUT2D eigenvalue weighted by Crippen LogP contribution is 2.27. The van der Waals surface area contributed by atoms with E-state index in [-0.39, 0.29) is 12.5 Å². The average Bonchev–Trinajstić information content (AvgIpc) is 2.91. The van der Waals surface area contributed by atoms with Gasteiger partial charge in [-0.1, -0.05) is 6.42 Å². The number of hydrogen-bond donors (Lipinski definition) is 1. The van der Waals surface area contributed by atoms with Gasteiger partial charge in [0.15, 0.2) is 0 Å². The lowest BCUT2D eigenvalue weighted by Gasteiger charge is -2.36. The summed E-state index contributed by atoms with van der Waals surface area (Å²) in [4.78, 5) is 10.7. The fraction of sp³-hybridized carbons (Fsp3) is 0.917. The van der Waals surface area contributed by atoms with Crippen LogP contribution in [0.3, 0.4) is 0 Å². The van der Waals surface area contributed by atoms with Gasteiger partial charge in [-0.2, -0.15) is 17.0 Å². The van der Waals surface area contributed by atoms with Gasteiger partial charge in [-0.05, 0) is 32.1 Å². The molecule has 0 bridgehead atoms. The van der Waals surface area contributed by atoms with Crippen molar-refractivity contribution in [3.05, 3.63) is 0 Å². The zero-order valence-corrected chi connectivity index (χ0v) is 11.9. The molecule has 0 amide bonds. The third kappa shape index (κ3) is 3.46. The normalized spacial score (nSPS) is 26.6. The summed E-state index contributed by atoms with van der Waals surface area (Å²) in [6.45, 7) is 1.73. The van der Waals surface area contributed by atoms with Gasteiger partial charge in [0.25, 0.3) is 10.2 Å². The van der Waals surface area contributed by atoms with Crippen molar-refractivity contribution in [3.8, 4) is 0 Å². The van der Waals surface area contributed by atoms with Crippen molar-refractivity contribution in [1.82, 2.24) is 8.61 Å². The molecule has 0 saturated carbocycles. The second-order valence-corrected chi connectivity index (χ2v) is 7.19. The van der Waals surface area contributed by atoms with Gasteiger partial charge in [-0.25, -0.2) is 0 Å². The Morgan fingerprint density at radius 3 is 2.37 bits per heavy atom. The van der Waals surface area contributed by atoms with E-state index in [0.717, 1.165) is 32.1 Å². The molecule has 19 heavy (non-hydrogen) atoms. The highest BCUT2D eigenvalue weighted by molar-refractivity contribution is 7.86. The molecular weight excluding hydrogens is 268 g/mol.